The summed E-state index contributed by atoms with van der Waals surface area (Å²) < 4.78 is 45.3. The van der Waals surface area contributed by atoms with Crippen LogP contribution in [-0.2, 0) is 10.9 Å². The third-order valence-corrected chi connectivity index (χ3v) is 5.59. The molecule has 158 valence electrons. The zero-order valence-electron chi connectivity index (χ0n) is 16.4. The van der Waals surface area contributed by atoms with Crippen molar-refractivity contribution in [2.24, 2.45) is 0 Å². The number of ether oxygens (including phenoxy) is 1. The topological polar surface area (TPSA) is 72.1 Å². The summed E-state index contributed by atoms with van der Waals surface area (Å²) >= 11 is 1.20. The molecule has 0 radical (unpaired) electrons. The number of halogens is 3. The number of benzene rings is 2. The molecular formula is C22H15F3N2O3S. The molecule has 5 nitrogen and oxygen atoms in total. The maximum Gasteiger partial charge on any atom is 0.416 e. The minimum atomic E-state index is -4.59. The predicted octanol–water partition coefficient (Wildman–Crippen LogP) is 4.97. The Balaban J connectivity index is 2.21. The van der Waals surface area contributed by atoms with Gasteiger partial charge in [-0.25, -0.2) is 4.79 Å². The fraction of sp³-hybridized carbons (Fsp3) is 0.136. The van der Waals surface area contributed by atoms with Gasteiger partial charge in [-0.15, -0.1) is 0 Å². The summed E-state index contributed by atoms with van der Waals surface area (Å²) in [5, 5.41) is 8.93. The maximum absolute atomic E-state index is 13.2. The number of esters is 1. The average molecular weight is 444 g/mol. The van der Waals surface area contributed by atoms with Crippen LogP contribution in [0.15, 0.2) is 69.2 Å². The van der Waals surface area contributed by atoms with Gasteiger partial charge in [-0.1, -0.05) is 17.8 Å². The number of aromatic nitrogens is 1. The molecule has 1 heterocycles. The van der Waals surface area contributed by atoms with E-state index >= 15 is 0 Å². The normalized spacial score (nSPS) is 11.1. The van der Waals surface area contributed by atoms with E-state index in [9.17, 15) is 22.8 Å². The zero-order valence-corrected chi connectivity index (χ0v) is 17.2. The summed E-state index contributed by atoms with van der Waals surface area (Å²) in [6, 6.07) is 14.3. The van der Waals surface area contributed by atoms with Crippen LogP contribution in [0.4, 0.5) is 13.2 Å². The fourth-order valence-electron chi connectivity index (χ4n) is 2.90. The van der Waals surface area contributed by atoms with E-state index in [4.69, 9.17) is 5.26 Å². The second-order valence-corrected chi connectivity index (χ2v) is 7.54. The molecule has 0 bridgehead atoms. The number of carbonyl (C=O) groups excluding carboxylic acids is 1. The molecule has 31 heavy (non-hydrogen) atoms. The van der Waals surface area contributed by atoms with Gasteiger partial charge in [0.05, 0.1) is 24.3 Å². The Labute approximate surface area is 179 Å². The van der Waals surface area contributed by atoms with Crippen molar-refractivity contribution in [3.63, 3.8) is 0 Å². The number of methoxy groups -OCH3 is 1. The maximum atomic E-state index is 13.2. The fourth-order valence-corrected chi connectivity index (χ4v) is 3.84. The van der Waals surface area contributed by atoms with Crippen molar-refractivity contribution in [3.05, 3.63) is 87.3 Å². The zero-order chi connectivity index (χ0) is 22.8. The van der Waals surface area contributed by atoms with Crippen molar-refractivity contribution in [1.29, 1.82) is 5.26 Å². The highest BCUT2D eigenvalue weighted by molar-refractivity contribution is 7.99. The summed E-state index contributed by atoms with van der Waals surface area (Å²) in [7, 11) is 1.11. The van der Waals surface area contributed by atoms with Gasteiger partial charge < -0.3 is 4.74 Å². The third kappa shape index (κ3) is 4.64. The molecule has 0 spiro atoms. The second-order valence-electron chi connectivity index (χ2n) is 6.43. The van der Waals surface area contributed by atoms with Gasteiger partial charge in [-0.2, -0.15) is 18.4 Å². The van der Waals surface area contributed by atoms with E-state index in [0.29, 0.717) is 21.0 Å². The lowest BCUT2D eigenvalue weighted by Crippen LogP contribution is -2.28. The Morgan fingerprint density at radius 3 is 2.39 bits per heavy atom. The minimum Gasteiger partial charge on any atom is -0.465 e. The van der Waals surface area contributed by atoms with Crippen molar-refractivity contribution in [1.82, 2.24) is 4.57 Å². The Morgan fingerprint density at radius 1 is 1.13 bits per heavy atom. The highest BCUT2D eigenvalue weighted by Gasteiger charge is 2.31. The Hall–Kier alpha value is -3.51. The molecule has 0 aliphatic heterocycles. The van der Waals surface area contributed by atoms with Gasteiger partial charge in [0.25, 0.3) is 5.56 Å². The highest BCUT2D eigenvalue weighted by Crippen LogP contribution is 2.33. The van der Waals surface area contributed by atoms with Crippen molar-refractivity contribution in [3.8, 4) is 11.8 Å². The summed E-state index contributed by atoms with van der Waals surface area (Å²) in [4.78, 5) is 26.3. The lowest BCUT2D eigenvalue weighted by Gasteiger charge is -2.17. The van der Waals surface area contributed by atoms with Crippen molar-refractivity contribution >= 4 is 17.7 Å². The smallest absolute Gasteiger partial charge is 0.416 e. The van der Waals surface area contributed by atoms with Crippen LogP contribution in [0, 0.1) is 18.3 Å². The van der Waals surface area contributed by atoms with Crippen molar-refractivity contribution in [2.45, 2.75) is 22.9 Å². The standard InChI is InChI=1S/C22H15F3N2O3S/c1-13-19(31-17-8-6-14(12-26)7-9-17)11-18(21(29)30-2)20(28)27(13)16-5-3-4-15(10-16)22(23,24)25/h3-11H,1-2H3. The summed E-state index contributed by atoms with van der Waals surface area (Å²) in [5.74, 6) is -0.896. The number of carbonyl (C=O) groups is 1. The van der Waals surface area contributed by atoms with Crippen LogP contribution >= 0.6 is 11.8 Å². The first-order valence-corrected chi connectivity index (χ1v) is 9.68. The van der Waals surface area contributed by atoms with Gasteiger partial charge in [-0.3, -0.25) is 9.36 Å². The summed E-state index contributed by atoms with van der Waals surface area (Å²) in [6.45, 7) is 1.58. The minimum absolute atomic E-state index is 0.0234. The molecule has 0 unspecified atom stereocenters. The largest absolute Gasteiger partial charge is 0.465 e. The van der Waals surface area contributed by atoms with Gasteiger partial charge in [0.15, 0.2) is 0 Å². The van der Waals surface area contributed by atoms with Crippen molar-refractivity contribution in [2.75, 3.05) is 7.11 Å². The van der Waals surface area contributed by atoms with Crippen LogP contribution < -0.4 is 5.56 Å². The molecule has 0 fully saturated rings. The molecule has 1 aromatic heterocycles. The SMILES string of the molecule is COC(=O)c1cc(Sc2ccc(C#N)cc2)c(C)n(-c2cccc(C(F)(F)F)c2)c1=O. The molecule has 0 N–H and O–H groups in total. The number of hydrogen-bond donors (Lipinski definition) is 0. The van der Waals surface area contributed by atoms with Crippen LogP contribution in [-0.4, -0.2) is 17.6 Å². The molecule has 0 amide bonds. The monoisotopic (exact) mass is 444 g/mol. The van der Waals surface area contributed by atoms with Gasteiger partial charge in [-0.05, 0) is 55.5 Å². The highest BCUT2D eigenvalue weighted by atomic mass is 32.2. The van der Waals surface area contributed by atoms with E-state index < -0.39 is 23.3 Å². The molecule has 0 saturated heterocycles. The van der Waals surface area contributed by atoms with Crippen LogP contribution in [0.5, 0.6) is 0 Å². The lowest BCUT2D eigenvalue weighted by molar-refractivity contribution is -0.137. The van der Waals surface area contributed by atoms with Crippen molar-refractivity contribution < 1.29 is 22.7 Å². The van der Waals surface area contributed by atoms with Crippen LogP contribution in [0.25, 0.3) is 5.69 Å². The van der Waals surface area contributed by atoms with Crippen LogP contribution in [0.3, 0.4) is 0 Å². The second kappa shape index (κ2) is 8.70. The first kappa shape index (κ1) is 22.2. The molecule has 0 aliphatic rings. The summed E-state index contributed by atoms with van der Waals surface area (Å²) in [6.07, 6.45) is -4.59. The molecule has 0 saturated carbocycles. The molecule has 0 atom stereocenters. The van der Waals surface area contributed by atoms with Gasteiger partial charge in [0, 0.05) is 21.2 Å². The first-order chi connectivity index (χ1) is 14.7. The van der Waals surface area contributed by atoms with E-state index in [-0.39, 0.29) is 11.3 Å². The Bertz CT molecular complexity index is 1240. The van der Waals surface area contributed by atoms with E-state index in [2.05, 4.69) is 4.74 Å². The molecule has 3 rings (SSSR count). The number of rotatable bonds is 4. The Kier molecular flexibility index (Phi) is 6.22. The first-order valence-electron chi connectivity index (χ1n) is 8.86. The van der Waals surface area contributed by atoms with Gasteiger partial charge in [0.2, 0.25) is 0 Å². The average Bonchev–Trinajstić information content (AvgIpc) is 2.75. The number of alkyl halides is 3. The van der Waals surface area contributed by atoms with Gasteiger partial charge >= 0.3 is 12.1 Å². The van der Waals surface area contributed by atoms with Gasteiger partial charge in [0.1, 0.15) is 5.56 Å². The van der Waals surface area contributed by atoms with E-state index in [1.54, 1.807) is 31.2 Å². The molecular weight excluding hydrogens is 429 g/mol. The lowest BCUT2D eigenvalue weighted by atomic mass is 10.1. The quantitative estimate of drug-likeness (QED) is 0.531. The van der Waals surface area contributed by atoms with E-state index in [0.717, 1.165) is 23.8 Å². The Morgan fingerprint density at radius 2 is 1.81 bits per heavy atom. The molecule has 3 aromatic rings. The molecule has 9 heteroatoms. The predicted molar refractivity (Wildman–Crippen MR) is 108 cm³/mol. The molecule has 0 aliphatic carbocycles. The molecule has 2 aromatic carbocycles. The van der Waals surface area contributed by atoms with Crippen LogP contribution in [0.2, 0.25) is 0 Å². The third-order valence-electron chi connectivity index (χ3n) is 4.45. The van der Waals surface area contributed by atoms with E-state index in [1.165, 1.54) is 30.0 Å². The number of nitrogens with zero attached hydrogens (tertiary/aromatic N) is 2. The summed E-state index contributed by atoms with van der Waals surface area (Å²) in [5.41, 5.74) is -1.21. The number of pyridine rings is 1. The van der Waals surface area contributed by atoms with Crippen LogP contribution in [0.1, 0.15) is 27.2 Å². The van der Waals surface area contributed by atoms with E-state index in [1.807, 2.05) is 6.07 Å². The number of nitriles is 1. The number of hydrogen-bond acceptors (Lipinski definition) is 5.